The van der Waals surface area contributed by atoms with Crippen LogP contribution in [0.25, 0.3) is 0 Å². The van der Waals surface area contributed by atoms with Crippen LogP contribution in [0.1, 0.15) is 52.4 Å². The molecule has 0 saturated heterocycles. The summed E-state index contributed by atoms with van der Waals surface area (Å²) in [7, 11) is 0. The van der Waals surface area contributed by atoms with Crippen molar-refractivity contribution >= 4 is 46.5 Å². The maximum atomic E-state index is 11.4. The van der Waals surface area contributed by atoms with Gasteiger partial charge >= 0.3 is 0 Å². The maximum Gasteiger partial charge on any atom is 0.198 e. The number of unbranched alkanes of at least 4 members (excludes halogenated alkanes) is 4. The molecule has 0 aliphatic rings. The molecule has 0 heterocycles. The lowest BCUT2D eigenvalue weighted by molar-refractivity contribution is 0.518. The van der Waals surface area contributed by atoms with Gasteiger partial charge in [0.1, 0.15) is 0 Å². The molecule has 0 saturated carbocycles. The Balaban J connectivity index is 3.11. The van der Waals surface area contributed by atoms with E-state index in [1.807, 2.05) is 0 Å². The van der Waals surface area contributed by atoms with Crippen molar-refractivity contribution in [1.29, 1.82) is 0 Å². The predicted molar refractivity (Wildman–Crippen MR) is 83.1 cm³/mol. The van der Waals surface area contributed by atoms with Gasteiger partial charge in [-0.15, -0.1) is 0 Å². The molecule has 0 atom stereocenters. The molecule has 0 aromatic carbocycles. The summed E-state index contributed by atoms with van der Waals surface area (Å²) < 4.78 is 9.57. The molecule has 86 valence electrons. The van der Waals surface area contributed by atoms with E-state index in [2.05, 4.69) is 57.9 Å². The largest absolute Gasteiger partial charge is 0.302 e. The first-order valence-electron chi connectivity index (χ1n) is 5.40. The van der Waals surface area contributed by atoms with E-state index in [-0.39, 0.29) is 0 Å². The second-order valence-corrected chi connectivity index (χ2v) is 20.7. The topological polar surface area (TPSA) is 17.1 Å². The number of hydrogen-bond acceptors (Lipinski definition) is 1. The van der Waals surface area contributed by atoms with Gasteiger partial charge in [0, 0.05) is 50.2 Å². The minimum Gasteiger partial charge on any atom is -0.302 e. The summed E-state index contributed by atoms with van der Waals surface area (Å²) in [5, 5.41) is 0. The van der Waals surface area contributed by atoms with Crippen LogP contribution in [-0.4, -0.2) is 6.16 Å². The molecule has 0 aromatic heterocycles. The van der Waals surface area contributed by atoms with Crippen LogP contribution < -0.4 is 0 Å². The molecule has 0 N–H and O–H groups in total. The Hall–Kier alpha value is 1.69. The highest BCUT2D eigenvalue weighted by atomic mass is 127. The average Bonchev–Trinajstić information content (AvgIpc) is 2.00. The highest BCUT2D eigenvalue weighted by molar-refractivity contribution is 14.3. The summed E-state index contributed by atoms with van der Waals surface area (Å²) >= 11 is 4.19. The quantitative estimate of drug-likeness (QED) is 0.254. The van der Waals surface area contributed by atoms with E-state index in [9.17, 15) is 4.57 Å². The van der Waals surface area contributed by atoms with Crippen molar-refractivity contribution in [2.24, 2.45) is 5.92 Å². The van der Waals surface area contributed by atoms with E-state index < -0.39 is 2.43 Å². The van der Waals surface area contributed by atoms with Gasteiger partial charge < -0.3 is 4.57 Å². The van der Waals surface area contributed by atoms with Crippen molar-refractivity contribution in [3.63, 3.8) is 0 Å². The first-order valence-corrected chi connectivity index (χ1v) is 12.9. The zero-order valence-electron chi connectivity index (χ0n) is 9.14. The predicted octanol–water partition coefficient (Wildman–Crippen LogP) is 6.05. The van der Waals surface area contributed by atoms with E-state index in [4.69, 9.17) is 0 Å². The van der Waals surface area contributed by atoms with E-state index in [0.717, 1.165) is 18.5 Å². The van der Waals surface area contributed by atoms with Gasteiger partial charge in [0.15, 0.2) is 2.43 Å². The van der Waals surface area contributed by atoms with E-state index >= 15 is 0 Å². The zero-order chi connectivity index (χ0) is 11.0. The van der Waals surface area contributed by atoms with E-state index in [1.165, 1.54) is 32.1 Å². The fourth-order valence-corrected chi connectivity index (χ4v) is 4.02. The summed E-state index contributed by atoms with van der Waals surface area (Å²) in [4.78, 5) is 0. The van der Waals surface area contributed by atoms with Crippen molar-refractivity contribution in [1.82, 2.24) is 0 Å². The Morgan fingerprint density at radius 3 is 2.00 bits per heavy atom. The fraction of sp³-hybridized carbons (Fsp3) is 1.00. The molecule has 0 spiro atoms. The molecular weight excluding hydrogens is 421 g/mol. The van der Waals surface area contributed by atoms with E-state index in [0.29, 0.717) is 0 Å². The molecule has 0 radical (unpaired) electrons. The molecule has 0 bridgehead atoms. The van der Waals surface area contributed by atoms with Gasteiger partial charge in [-0.3, -0.25) is 0 Å². The smallest absolute Gasteiger partial charge is 0.198 e. The fourth-order valence-electron chi connectivity index (χ4n) is 1.38. The number of halogens is 2. The van der Waals surface area contributed by atoms with Gasteiger partial charge in [0.05, 0.1) is 0 Å². The molecule has 0 aromatic rings. The monoisotopic (exact) mass is 442 g/mol. The summed E-state index contributed by atoms with van der Waals surface area (Å²) in [5.41, 5.74) is 0. The Morgan fingerprint density at radius 1 is 1.00 bits per heavy atom. The standard InChI is InChI=1S/C10H21I2OP/c1-10(2)8-6-4-3-5-7-9-14(11,12)13/h10H,3-9H2,1-2H3. The van der Waals surface area contributed by atoms with Crippen LogP contribution in [0.5, 0.6) is 0 Å². The third-order valence-corrected chi connectivity index (χ3v) is 5.93. The van der Waals surface area contributed by atoms with Crippen LogP contribution in [-0.2, 0) is 4.57 Å². The molecule has 4 heteroatoms. The van der Waals surface area contributed by atoms with Gasteiger partial charge in [-0.1, -0.05) is 46.0 Å². The van der Waals surface area contributed by atoms with Crippen molar-refractivity contribution in [2.75, 3.05) is 6.16 Å². The van der Waals surface area contributed by atoms with Gasteiger partial charge in [0.2, 0.25) is 0 Å². The Morgan fingerprint density at radius 2 is 1.50 bits per heavy atom. The van der Waals surface area contributed by atoms with Crippen LogP contribution in [0.2, 0.25) is 0 Å². The van der Waals surface area contributed by atoms with E-state index in [1.54, 1.807) is 0 Å². The van der Waals surface area contributed by atoms with Gasteiger partial charge in [-0.05, 0) is 12.3 Å². The molecule has 0 rings (SSSR count). The minimum atomic E-state index is -1.80. The SMILES string of the molecule is CC(C)CCCCCCCP(=O)(I)I. The molecule has 0 fully saturated rings. The Labute approximate surface area is 115 Å². The Bertz CT molecular complexity index is 177. The number of rotatable bonds is 8. The van der Waals surface area contributed by atoms with Crippen molar-refractivity contribution in [3.8, 4) is 0 Å². The highest BCUT2D eigenvalue weighted by Gasteiger charge is 2.10. The van der Waals surface area contributed by atoms with Gasteiger partial charge in [-0.25, -0.2) is 0 Å². The molecule has 0 amide bonds. The Kier molecular flexibility index (Phi) is 9.86. The summed E-state index contributed by atoms with van der Waals surface area (Å²) in [5.74, 6) is 0.846. The molecule has 1 nitrogen and oxygen atoms in total. The molecular formula is C10H21I2OP. The average molecular weight is 442 g/mol. The normalized spacial score (nSPS) is 12.4. The molecule has 14 heavy (non-hydrogen) atoms. The van der Waals surface area contributed by atoms with Crippen LogP contribution in [0, 0.1) is 5.92 Å². The lowest BCUT2D eigenvalue weighted by Crippen LogP contribution is -1.87. The van der Waals surface area contributed by atoms with Crippen molar-refractivity contribution in [3.05, 3.63) is 0 Å². The third-order valence-electron chi connectivity index (χ3n) is 2.20. The van der Waals surface area contributed by atoms with Gasteiger partial charge in [-0.2, -0.15) is 0 Å². The maximum absolute atomic E-state index is 11.4. The summed E-state index contributed by atoms with van der Waals surface area (Å²) in [6, 6.07) is 0. The van der Waals surface area contributed by atoms with Gasteiger partial charge in [0.25, 0.3) is 0 Å². The summed E-state index contributed by atoms with van der Waals surface area (Å²) in [6.07, 6.45) is 8.71. The molecule has 0 unspecified atom stereocenters. The van der Waals surface area contributed by atoms with Crippen LogP contribution in [0.3, 0.4) is 0 Å². The van der Waals surface area contributed by atoms with Crippen LogP contribution in [0.4, 0.5) is 0 Å². The van der Waals surface area contributed by atoms with Crippen LogP contribution >= 0.6 is 46.5 Å². The third kappa shape index (κ3) is 13.7. The van der Waals surface area contributed by atoms with Crippen LogP contribution in [0.15, 0.2) is 0 Å². The van der Waals surface area contributed by atoms with Crippen molar-refractivity contribution in [2.45, 2.75) is 52.4 Å². The first-order chi connectivity index (χ1) is 6.42. The lowest BCUT2D eigenvalue weighted by atomic mass is 10.0. The first kappa shape index (κ1) is 15.7. The zero-order valence-corrected chi connectivity index (χ0v) is 14.3. The highest BCUT2D eigenvalue weighted by Crippen LogP contribution is 2.63. The molecule has 0 aliphatic heterocycles. The minimum absolute atomic E-state index is 0.846. The molecule has 0 aliphatic carbocycles. The lowest BCUT2D eigenvalue weighted by Gasteiger charge is -2.05. The second kappa shape index (κ2) is 8.80. The summed E-state index contributed by atoms with van der Waals surface area (Å²) in [6.45, 7) is 4.56. The number of hydrogen-bond donors (Lipinski definition) is 0. The van der Waals surface area contributed by atoms with Crippen molar-refractivity contribution < 1.29 is 4.57 Å². The second-order valence-electron chi connectivity index (χ2n) is 4.24.